The first kappa shape index (κ1) is 17.0. The van der Waals surface area contributed by atoms with E-state index in [2.05, 4.69) is 27.5 Å². The van der Waals surface area contributed by atoms with E-state index in [0.717, 1.165) is 5.56 Å². The van der Waals surface area contributed by atoms with Crippen molar-refractivity contribution in [3.05, 3.63) is 47.7 Å². The highest BCUT2D eigenvalue weighted by Crippen LogP contribution is 2.06. The van der Waals surface area contributed by atoms with Crippen molar-refractivity contribution in [3.63, 3.8) is 0 Å². The van der Waals surface area contributed by atoms with Crippen molar-refractivity contribution >= 4 is 22.8 Å². The van der Waals surface area contributed by atoms with Crippen molar-refractivity contribution in [3.8, 4) is 0 Å². The maximum absolute atomic E-state index is 5.85. The molecule has 98 valence electrons. The number of aryl methyl sites for hydroxylation is 2. The fourth-order valence-corrected chi connectivity index (χ4v) is 1.56. The van der Waals surface area contributed by atoms with Crippen LogP contribution in [-0.2, 0) is 6.54 Å². The highest BCUT2D eigenvalue weighted by atomic mass is 79.9. The predicted molar refractivity (Wildman–Crippen MR) is 72.0 cm³/mol. The lowest BCUT2D eigenvalue weighted by Crippen LogP contribution is -3.00. The normalized spacial score (nSPS) is 9.22. The second-order valence-corrected chi connectivity index (χ2v) is 3.80. The Kier molecular flexibility index (Phi) is 7.01. The summed E-state index contributed by atoms with van der Waals surface area (Å²) in [5.41, 5.74) is 7.99. The molecule has 0 bridgehead atoms. The first-order valence-corrected chi connectivity index (χ1v) is 5.20. The molecular weight excluding hydrogens is 360 g/mol. The SMILES string of the molecule is Br.Cc1ncc(C[n+]2ccccc2C)c(N)n1.[Br-]. The molecule has 0 aromatic carbocycles. The Morgan fingerprint density at radius 2 is 2.00 bits per heavy atom. The summed E-state index contributed by atoms with van der Waals surface area (Å²) >= 11 is 0. The zero-order valence-electron chi connectivity index (χ0n) is 10.3. The van der Waals surface area contributed by atoms with Gasteiger partial charge in [-0.1, -0.05) is 6.07 Å². The van der Waals surface area contributed by atoms with Gasteiger partial charge in [-0.15, -0.1) is 17.0 Å². The second kappa shape index (κ2) is 7.43. The van der Waals surface area contributed by atoms with Gasteiger partial charge in [-0.3, -0.25) is 0 Å². The average Bonchev–Trinajstić information content (AvgIpc) is 2.25. The molecule has 0 saturated heterocycles. The molecule has 0 radical (unpaired) electrons. The minimum absolute atomic E-state index is 0. The maximum Gasteiger partial charge on any atom is 0.179 e. The molecule has 6 heteroatoms. The van der Waals surface area contributed by atoms with E-state index in [9.17, 15) is 0 Å². The number of anilines is 1. The zero-order chi connectivity index (χ0) is 11.5. The fraction of sp³-hybridized carbons (Fsp3) is 0.250. The van der Waals surface area contributed by atoms with Crippen LogP contribution in [0, 0.1) is 13.8 Å². The fourth-order valence-electron chi connectivity index (χ4n) is 1.56. The number of pyridine rings is 1. The molecule has 0 atom stereocenters. The molecule has 0 aliphatic carbocycles. The number of nitrogens with zero attached hydrogens (tertiary/aromatic N) is 3. The number of hydrogen-bond donors (Lipinski definition) is 1. The summed E-state index contributed by atoms with van der Waals surface area (Å²) in [5, 5.41) is 0. The molecule has 0 saturated carbocycles. The molecule has 0 unspecified atom stereocenters. The van der Waals surface area contributed by atoms with E-state index in [-0.39, 0.29) is 34.0 Å². The molecule has 0 fully saturated rings. The van der Waals surface area contributed by atoms with Gasteiger partial charge in [-0.05, 0) is 6.92 Å². The van der Waals surface area contributed by atoms with Crippen LogP contribution in [-0.4, -0.2) is 9.97 Å². The largest absolute Gasteiger partial charge is 1.00 e. The topological polar surface area (TPSA) is 55.7 Å². The van der Waals surface area contributed by atoms with E-state index in [1.54, 1.807) is 6.20 Å². The molecule has 0 amide bonds. The van der Waals surface area contributed by atoms with Gasteiger partial charge in [-0.2, -0.15) is 4.57 Å². The molecule has 0 spiro atoms. The van der Waals surface area contributed by atoms with Gasteiger partial charge < -0.3 is 22.7 Å². The number of nitrogens with two attached hydrogens (primary N) is 1. The lowest BCUT2D eigenvalue weighted by Gasteiger charge is -2.03. The minimum Gasteiger partial charge on any atom is -1.00 e. The number of rotatable bonds is 2. The summed E-state index contributed by atoms with van der Waals surface area (Å²) in [5.74, 6) is 1.26. The molecule has 0 aliphatic rings. The molecule has 2 aromatic rings. The van der Waals surface area contributed by atoms with E-state index in [4.69, 9.17) is 5.73 Å². The smallest absolute Gasteiger partial charge is 0.179 e. The number of hydrogen-bond acceptors (Lipinski definition) is 3. The van der Waals surface area contributed by atoms with Crippen LogP contribution in [0.1, 0.15) is 17.1 Å². The number of halogens is 2. The van der Waals surface area contributed by atoms with Gasteiger partial charge in [-0.25, -0.2) is 9.97 Å². The van der Waals surface area contributed by atoms with Gasteiger partial charge in [0.25, 0.3) is 0 Å². The predicted octanol–water partition coefficient (Wildman–Crippen LogP) is -1.41. The van der Waals surface area contributed by atoms with E-state index in [1.165, 1.54) is 5.69 Å². The standard InChI is InChI=1S/C12H15N4.2BrH/c1-9-5-3-4-6-16(9)8-11-7-14-10(2)15-12(11)13;;/h3-7H,8H2,1-2H3,(H2,13,14,15);2*1H/q+1;;/p-1. The van der Waals surface area contributed by atoms with Crippen LogP contribution in [0.5, 0.6) is 0 Å². The van der Waals surface area contributed by atoms with Gasteiger partial charge >= 0.3 is 0 Å². The Morgan fingerprint density at radius 1 is 1.28 bits per heavy atom. The van der Waals surface area contributed by atoms with Crippen LogP contribution in [0.25, 0.3) is 0 Å². The van der Waals surface area contributed by atoms with Gasteiger partial charge in [0, 0.05) is 25.3 Å². The Hall–Kier alpha value is -1.01. The first-order valence-electron chi connectivity index (χ1n) is 5.20. The van der Waals surface area contributed by atoms with Crippen molar-refractivity contribution in [2.75, 3.05) is 5.73 Å². The van der Waals surface area contributed by atoms with E-state index < -0.39 is 0 Å². The van der Waals surface area contributed by atoms with Crippen molar-refractivity contribution in [2.24, 2.45) is 0 Å². The third-order valence-electron chi connectivity index (χ3n) is 2.53. The lowest BCUT2D eigenvalue weighted by atomic mass is 10.2. The molecule has 4 nitrogen and oxygen atoms in total. The first-order chi connectivity index (χ1) is 7.66. The molecule has 2 aromatic heterocycles. The third-order valence-corrected chi connectivity index (χ3v) is 2.53. The molecule has 0 aliphatic heterocycles. The second-order valence-electron chi connectivity index (χ2n) is 3.80. The Labute approximate surface area is 128 Å². The number of aromatic nitrogens is 3. The summed E-state index contributed by atoms with van der Waals surface area (Å²) in [6.07, 6.45) is 3.81. The summed E-state index contributed by atoms with van der Waals surface area (Å²) < 4.78 is 2.12. The van der Waals surface area contributed by atoms with Gasteiger partial charge in [0.1, 0.15) is 11.6 Å². The average molecular weight is 376 g/mol. The molecular formula is C12H16Br2N4. The van der Waals surface area contributed by atoms with E-state index >= 15 is 0 Å². The van der Waals surface area contributed by atoms with Crippen LogP contribution in [0.3, 0.4) is 0 Å². The van der Waals surface area contributed by atoms with Gasteiger partial charge in [0.15, 0.2) is 18.4 Å². The minimum atomic E-state index is 0. The Balaban J connectivity index is 0.00000144. The van der Waals surface area contributed by atoms with Crippen LogP contribution >= 0.6 is 17.0 Å². The summed E-state index contributed by atoms with van der Waals surface area (Å²) in [7, 11) is 0. The molecule has 2 rings (SSSR count). The zero-order valence-corrected chi connectivity index (χ0v) is 13.6. The number of nitrogen functional groups attached to an aromatic ring is 1. The van der Waals surface area contributed by atoms with Crippen molar-refractivity contribution in [1.29, 1.82) is 0 Å². The molecule has 18 heavy (non-hydrogen) atoms. The maximum atomic E-state index is 5.85. The van der Waals surface area contributed by atoms with Gasteiger partial charge in [0.05, 0.1) is 5.56 Å². The Bertz CT molecular complexity index is 517. The Morgan fingerprint density at radius 3 is 2.61 bits per heavy atom. The quantitative estimate of drug-likeness (QED) is 0.656. The summed E-state index contributed by atoms with van der Waals surface area (Å²) in [4.78, 5) is 8.31. The highest BCUT2D eigenvalue weighted by Gasteiger charge is 2.10. The molecule has 2 heterocycles. The lowest BCUT2D eigenvalue weighted by molar-refractivity contribution is -0.694. The van der Waals surface area contributed by atoms with Crippen LogP contribution < -0.4 is 27.3 Å². The molecule has 2 N–H and O–H groups in total. The van der Waals surface area contributed by atoms with Crippen molar-refractivity contribution < 1.29 is 21.5 Å². The van der Waals surface area contributed by atoms with Crippen molar-refractivity contribution in [1.82, 2.24) is 9.97 Å². The third kappa shape index (κ3) is 4.03. The highest BCUT2D eigenvalue weighted by molar-refractivity contribution is 8.93. The summed E-state index contributed by atoms with van der Waals surface area (Å²) in [6.45, 7) is 4.60. The van der Waals surface area contributed by atoms with Crippen LogP contribution in [0.2, 0.25) is 0 Å². The van der Waals surface area contributed by atoms with Gasteiger partial charge in [0.2, 0.25) is 0 Å². The van der Waals surface area contributed by atoms with Crippen LogP contribution in [0.15, 0.2) is 30.6 Å². The summed E-state index contributed by atoms with van der Waals surface area (Å²) in [6, 6.07) is 6.07. The van der Waals surface area contributed by atoms with Crippen LogP contribution in [0.4, 0.5) is 5.82 Å². The van der Waals surface area contributed by atoms with E-state index in [1.807, 2.05) is 25.3 Å². The van der Waals surface area contributed by atoms with E-state index in [0.29, 0.717) is 18.2 Å². The van der Waals surface area contributed by atoms with Crippen molar-refractivity contribution in [2.45, 2.75) is 20.4 Å². The monoisotopic (exact) mass is 374 g/mol.